The summed E-state index contributed by atoms with van der Waals surface area (Å²) in [5.41, 5.74) is 1.93. The van der Waals surface area contributed by atoms with Crippen molar-refractivity contribution >= 4 is 10.9 Å². The zero-order valence-electron chi connectivity index (χ0n) is 12.8. The van der Waals surface area contributed by atoms with Gasteiger partial charge in [-0.1, -0.05) is 25.1 Å². The topological polar surface area (TPSA) is 34.2 Å². The van der Waals surface area contributed by atoms with Crippen LogP contribution >= 0.6 is 0 Å². The molecular weight excluding hydrogens is 248 g/mol. The minimum absolute atomic E-state index is 0.129. The van der Waals surface area contributed by atoms with Gasteiger partial charge in [0, 0.05) is 18.2 Å². The van der Waals surface area contributed by atoms with Crippen molar-refractivity contribution in [1.29, 1.82) is 0 Å². The van der Waals surface area contributed by atoms with E-state index in [0.29, 0.717) is 6.61 Å². The smallest absolute Gasteiger partial charge is 0.0820 e. The lowest BCUT2D eigenvalue weighted by molar-refractivity contribution is -0.0389. The van der Waals surface area contributed by atoms with Crippen LogP contribution in [0.1, 0.15) is 39.3 Å². The van der Waals surface area contributed by atoms with E-state index in [1.807, 2.05) is 31.3 Å². The summed E-state index contributed by atoms with van der Waals surface area (Å²) in [7, 11) is 0. The van der Waals surface area contributed by atoms with Gasteiger partial charge in [0.25, 0.3) is 0 Å². The highest BCUT2D eigenvalue weighted by Gasteiger charge is 2.31. The highest BCUT2D eigenvalue weighted by Crippen LogP contribution is 2.30. The summed E-state index contributed by atoms with van der Waals surface area (Å²) in [4.78, 5) is 4.56. The number of rotatable bonds is 6. The third kappa shape index (κ3) is 3.17. The van der Waals surface area contributed by atoms with E-state index in [1.165, 1.54) is 10.9 Å². The van der Waals surface area contributed by atoms with Gasteiger partial charge in [-0.3, -0.25) is 4.98 Å². The number of pyridine rings is 1. The number of para-hydroxylation sites is 1. The molecule has 1 heterocycles. The molecular formula is C17H24N2O. The van der Waals surface area contributed by atoms with Crippen LogP contribution in [0.3, 0.4) is 0 Å². The van der Waals surface area contributed by atoms with Crippen LogP contribution in [-0.4, -0.2) is 23.7 Å². The average Bonchev–Trinajstić information content (AvgIpc) is 2.44. The summed E-state index contributed by atoms with van der Waals surface area (Å²) in [6.45, 7) is 9.99. The third-order valence-corrected chi connectivity index (χ3v) is 3.56. The molecule has 1 aromatic heterocycles. The van der Waals surface area contributed by atoms with Crippen LogP contribution in [0.15, 0.2) is 36.5 Å². The molecule has 0 spiro atoms. The molecule has 3 heteroatoms. The van der Waals surface area contributed by atoms with Crippen molar-refractivity contribution in [2.75, 3.05) is 13.2 Å². The Bertz CT molecular complexity index is 566. The molecule has 2 aromatic rings. The molecule has 0 saturated carbocycles. The zero-order chi connectivity index (χ0) is 14.6. The molecule has 0 saturated heterocycles. The highest BCUT2D eigenvalue weighted by atomic mass is 16.5. The number of benzene rings is 1. The molecule has 0 fully saturated rings. The molecule has 0 aliphatic heterocycles. The maximum absolute atomic E-state index is 5.92. The van der Waals surface area contributed by atoms with Crippen molar-refractivity contribution in [3.05, 3.63) is 42.1 Å². The van der Waals surface area contributed by atoms with Gasteiger partial charge in [0.15, 0.2) is 0 Å². The Balaban J connectivity index is 2.40. The van der Waals surface area contributed by atoms with Gasteiger partial charge in [0.05, 0.1) is 17.2 Å². The van der Waals surface area contributed by atoms with E-state index in [-0.39, 0.29) is 11.6 Å². The van der Waals surface area contributed by atoms with Crippen LogP contribution in [-0.2, 0) is 4.74 Å². The number of aromatic nitrogens is 1. The molecule has 2 rings (SSSR count). The second-order valence-corrected chi connectivity index (χ2v) is 5.49. The van der Waals surface area contributed by atoms with E-state index in [9.17, 15) is 0 Å². The Morgan fingerprint density at radius 2 is 2.00 bits per heavy atom. The Labute approximate surface area is 121 Å². The van der Waals surface area contributed by atoms with Gasteiger partial charge in [0.2, 0.25) is 0 Å². The average molecular weight is 272 g/mol. The molecule has 20 heavy (non-hydrogen) atoms. The van der Waals surface area contributed by atoms with Gasteiger partial charge in [-0.25, -0.2) is 0 Å². The lowest BCUT2D eigenvalue weighted by Crippen LogP contribution is -2.41. The number of likely N-dealkylation sites (N-methyl/N-ethyl adjacent to an activating group) is 1. The van der Waals surface area contributed by atoms with E-state index in [0.717, 1.165) is 12.1 Å². The first-order chi connectivity index (χ1) is 9.58. The largest absolute Gasteiger partial charge is 0.374 e. The maximum atomic E-state index is 5.92. The second kappa shape index (κ2) is 6.33. The Kier molecular flexibility index (Phi) is 4.73. The van der Waals surface area contributed by atoms with E-state index < -0.39 is 0 Å². The van der Waals surface area contributed by atoms with Gasteiger partial charge in [-0.2, -0.15) is 0 Å². The SMILES string of the molecule is CCNC(c1cnc2ccccc2c1)C(C)(C)OCC. The van der Waals surface area contributed by atoms with Gasteiger partial charge in [-0.05, 0) is 45.0 Å². The fourth-order valence-corrected chi connectivity index (χ4v) is 2.67. The van der Waals surface area contributed by atoms with Gasteiger partial charge in [0.1, 0.15) is 0 Å². The number of hydrogen-bond donors (Lipinski definition) is 1. The van der Waals surface area contributed by atoms with Crippen molar-refractivity contribution in [2.45, 2.75) is 39.3 Å². The quantitative estimate of drug-likeness (QED) is 0.870. The van der Waals surface area contributed by atoms with E-state index in [2.05, 4.69) is 43.2 Å². The molecule has 0 aliphatic rings. The van der Waals surface area contributed by atoms with Crippen molar-refractivity contribution in [3.8, 4) is 0 Å². The van der Waals surface area contributed by atoms with Crippen LogP contribution in [0.5, 0.6) is 0 Å². The Hall–Kier alpha value is -1.45. The first-order valence-electron chi connectivity index (χ1n) is 7.30. The molecule has 0 radical (unpaired) electrons. The van der Waals surface area contributed by atoms with Crippen molar-refractivity contribution < 1.29 is 4.74 Å². The molecule has 1 N–H and O–H groups in total. The summed E-state index contributed by atoms with van der Waals surface area (Å²) in [6.07, 6.45) is 1.95. The number of nitrogens with one attached hydrogen (secondary N) is 1. The molecule has 0 bridgehead atoms. The molecule has 0 aliphatic carbocycles. The predicted octanol–water partition coefficient (Wildman–Crippen LogP) is 3.70. The lowest BCUT2D eigenvalue weighted by Gasteiger charge is -2.35. The number of hydrogen-bond acceptors (Lipinski definition) is 3. The summed E-state index contributed by atoms with van der Waals surface area (Å²) in [5, 5.41) is 4.69. The second-order valence-electron chi connectivity index (χ2n) is 5.49. The number of ether oxygens (including phenoxy) is 1. The summed E-state index contributed by atoms with van der Waals surface area (Å²) < 4.78 is 5.92. The summed E-state index contributed by atoms with van der Waals surface area (Å²) >= 11 is 0. The molecule has 108 valence electrons. The predicted molar refractivity (Wildman–Crippen MR) is 83.9 cm³/mol. The van der Waals surface area contributed by atoms with Gasteiger partial charge in [-0.15, -0.1) is 0 Å². The maximum Gasteiger partial charge on any atom is 0.0820 e. The summed E-state index contributed by atoms with van der Waals surface area (Å²) in [5.74, 6) is 0. The zero-order valence-corrected chi connectivity index (χ0v) is 12.8. The van der Waals surface area contributed by atoms with Crippen LogP contribution in [0, 0.1) is 0 Å². The standard InChI is InChI=1S/C17H24N2O/c1-5-18-16(17(3,4)20-6-2)14-11-13-9-7-8-10-15(13)19-12-14/h7-12,16,18H,5-6H2,1-4H3. The van der Waals surface area contributed by atoms with E-state index in [1.54, 1.807) is 0 Å². The van der Waals surface area contributed by atoms with Crippen LogP contribution < -0.4 is 5.32 Å². The monoisotopic (exact) mass is 272 g/mol. The van der Waals surface area contributed by atoms with Crippen molar-refractivity contribution in [1.82, 2.24) is 10.3 Å². The van der Waals surface area contributed by atoms with Gasteiger partial charge < -0.3 is 10.1 Å². The molecule has 1 aromatic carbocycles. The van der Waals surface area contributed by atoms with Crippen molar-refractivity contribution in [3.63, 3.8) is 0 Å². The minimum atomic E-state index is -0.269. The van der Waals surface area contributed by atoms with Gasteiger partial charge >= 0.3 is 0 Å². The number of fused-ring (bicyclic) bond motifs is 1. The van der Waals surface area contributed by atoms with Crippen LogP contribution in [0.25, 0.3) is 10.9 Å². The molecule has 1 unspecified atom stereocenters. The third-order valence-electron chi connectivity index (χ3n) is 3.56. The molecule has 0 amide bonds. The first-order valence-corrected chi connectivity index (χ1v) is 7.30. The van der Waals surface area contributed by atoms with E-state index >= 15 is 0 Å². The molecule has 3 nitrogen and oxygen atoms in total. The summed E-state index contributed by atoms with van der Waals surface area (Å²) in [6, 6.07) is 10.5. The first kappa shape index (κ1) is 14.9. The Morgan fingerprint density at radius 3 is 2.70 bits per heavy atom. The van der Waals surface area contributed by atoms with Crippen LogP contribution in [0.2, 0.25) is 0 Å². The van der Waals surface area contributed by atoms with Crippen LogP contribution in [0.4, 0.5) is 0 Å². The van der Waals surface area contributed by atoms with E-state index in [4.69, 9.17) is 4.74 Å². The fraction of sp³-hybridized carbons (Fsp3) is 0.471. The lowest BCUT2D eigenvalue weighted by atomic mass is 9.91. The normalized spacial score (nSPS) is 13.6. The number of nitrogens with zero attached hydrogens (tertiary/aromatic N) is 1. The molecule has 1 atom stereocenters. The fourth-order valence-electron chi connectivity index (χ4n) is 2.67. The van der Waals surface area contributed by atoms with Crippen molar-refractivity contribution in [2.24, 2.45) is 0 Å². The highest BCUT2D eigenvalue weighted by molar-refractivity contribution is 5.78. The minimum Gasteiger partial charge on any atom is -0.374 e. The Morgan fingerprint density at radius 1 is 1.25 bits per heavy atom.